The van der Waals surface area contributed by atoms with Gasteiger partial charge in [0, 0.05) is 24.3 Å². The highest BCUT2D eigenvalue weighted by Gasteiger charge is 2.18. The van der Waals surface area contributed by atoms with Crippen molar-refractivity contribution < 1.29 is 4.79 Å². The number of hydrogen-bond acceptors (Lipinski definition) is 2. The number of rotatable bonds is 3. The van der Waals surface area contributed by atoms with Gasteiger partial charge < -0.3 is 4.90 Å². The molecule has 1 aliphatic rings. The van der Waals surface area contributed by atoms with Crippen LogP contribution in [-0.2, 0) is 0 Å². The molecule has 0 saturated carbocycles. The van der Waals surface area contributed by atoms with Gasteiger partial charge in [0.2, 0.25) is 0 Å². The third-order valence-corrected chi connectivity index (χ3v) is 3.49. The first-order valence-corrected chi connectivity index (χ1v) is 6.13. The molecule has 0 N–H and O–H groups in total. The third-order valence-electron chi connectivity index (χ3n) is 3.49. The molecule has 0 aliphatic carbocycles. The Morgan fingerprint density at radius 1 is 1.38 bits per heavy atom. The number of hydrogen-bond donors (Lipinski definition) is 0. The summed E-state index contributed by atoms with van der Waals surface area (Å²) in [5.74, 6) is 0.833. The Kier molecular flexibility index (Phi) is 3.60. The Labute approximate surface area is 97.3 Å². The molecule has 1 aromatic carbocycles. The molecule has 1 aliphatic heterocycles. The number of anilines is 1. The minimum Gasteiger partial charge on any atom is -0.371 e. The maximum Gasteiger partial charge on any atom is 0.150 e. The minimum absolute atomic E-state index is 0.757. The van der Waals surface area contributed by atoms with Gasteiger partial charge in [-0.3, -0.25) is 4.79 Å². The Morgan fingerprint density at radius 3 is 2.75 bits per heavy atom. The second kappa shape index (κ2) is 5.15. The molecule has 1 unspecified atom stereocenters. The average molecular weight is 217 g/mol. The summed E-state index contributed by atoms with van der Waals surface area (Å²) in [5, 5.41) is 0. The Hall–Kier alpha value is -1.31. The highest BCUT2D eigenvalue weighted by atomic mass is 16.1. The second-order valence-corrected chi connectivity index (χ2v) is 4.57. The predicted octanol–water partition coefficient (Wildman–Crippen LogP) is 3.13. The summed E-state index contributed by atoms with van der Waals surface area (Å²) < 4.78 is 0. The van der Waals surface area contributed by atoms with Crippen molar-refractivity contribution >= 4 is 12.0 Å². The lowest BCUT2D eigenvalue weighted by Gasteiger charge is -2.34. The van der Waals surface area contributed by atoms with Crippen LogP contribution in [0.3, 0.4) is 0 Å². The molecule has 1 aromatic rings. The average Bonchev–Trinajstić information content (AvgIpc) is 2.39. The van der Waals surface area contributed by atoms with E-state index in [0.717, 1.165) is 30.9 Å². The van der Waals surface area contributed by atoms with Crippen molar-refractivity contribution in [2.45, 2.75) is 26.2 Å². The lowest BCUT2D eigenvalue weighted by atomic mass is 9.95. The molecule has 2 rings (SSSR count). The van der Waals surface area contributed by atoms with Crippen molar-refractivity contribution in [1.29, 1.82) is 0 Å². The fourth-order valence-electron chi connectivity index (χ4n) is 2.40. The molecule has 1 heterocycles. The molecule has 2 heteroatoms. The van der Waals surface area contributed by atoms with Crippen molar-refractivity contribution in [3.05, 3.63) is 29.8 Å². The molecule has 0 radical (unpaired) electrons. The van der Waals surface area contributed by atoms with Gasteiger partial charge in [-0.1, -0.05) is 13.3 Å². The second-order valence-electron chi connectivity index (χ2n) is 4.57. The molecule has 86 valence electrons. The Morgan fingerprint density at radius 2 is 2.12 bits per heavy atom. The van der Waals surface area contributed by atoms with Gasteiger partial charge in [-0.2, -0.15) is 0 Å². The van der Waals surface area contributed by atoms with E-state index in [1.165, 1.54) is 24.9 Å². The summed E-state index contributed by atoms with van der Waals surface area (Å²) >= 11 is 0. The van der Waals surface area contributed by atoms with E-state index >= 15 is 0 Å². The molecule has 1 saturated heterocycles. The van der Waals surface area contributed by atoms with Crippen molar-refractivity contribution in [3.63, 3.8) is 0 Å². The van der Waals surface area contributed by atoms with Gasteiger partial charge in [-0.25, -0.2) is 0 Å². The van der Waals surface area contributed by atoms with Crippen LogP contribution in [0.1, 0.15) is 36.5 Å². The van der Waals surface area contributed by atoms with Gasteiger partial charge in [0.15, 0.2) is 0 Å². The number of piperidine rings is 1. The van der Waals surface area contributed by atoms with Gasteiger partial charge in [-0.05, 0) is 43.0 Å². The van der Waals surface area contributed by atoms with E-state index in [4.69, 9.17) is 0 Å². The molecule has 0 aromatic heterocycles. The van der Waals surface area contributed by atoms with Crippen LogP contribution in [-0.4, -0.2) is 19.4 Å². The highest BCUT2D eigenvalue weighted by molar-refractivity contribution is 5.75. The van der Waals surface area contributed by atoms with Gasteiger partial charge >= 0.3 is 0 Å². The molecular formula is C14H19NO. The fourth-order valence-corrected chi connectivity index (χ4v) is 2.40. The Bertz CT molecular complexity index is 344. The van der Waals surface area contributed by atoms with Gasteiger partial charge in [0.25, 0.3) is 0 Å². The quantitative estimate of drug-likeness (QED) is 0.725. The molecular weight excluding hydrogens is 198 g/mol. The largest absolute Gasteiger partial charge is 0.371 e. The first kappa shape index (κ1) is 11.2. The van der Waals surface area contributed by atoms with Crippen LogP contribution < -0.4 is 4.90 Å². The normalized spacial score (nSPS) is 20.8. The maximum absolute atomic E-state index is 10.6. The number of carbonyl (C=O) groups excluding carboxylic acids is 1. The van der Waals surface area contributed by atoms with Crippen molar-refractivity contribution in [2.24, 2.45) is 5.92 Å². The SMILES string of the molecule is CCC1CCCN(c2ccc(C=O)cc2)C1. The van der Waals surface area contributed by atoms with Crippen LogP contribution in [0.2, 0.25) is 0 Å². The summed E-state index contributed by atoms with van der Waals surface area (Å²) in [4.78, 5) is 13.0. The number of carbonyl (C=O) groups is 1. The fraction of sp³-hybridized carbons (Fsp3) is 0.500. The number of aldehydes is 1. The Balaban J connectivity index is 2.07. The molecule has 0 bridgehead atoms. The molecule has 0 spiro atoms. The predicted molar refractivity (Wildman–Crippen MR) is 67.1 cm³/mol. The van der Waals surface area contributed by atoms with Crippen LogP contribution in [0, 0.1) is 5.92 Å². The van der Waals surface area contributed by atoms with Crippen molar-refractivity contribution in [1.82, 2.24) is 0 Å². The number of nitrogens with zero attached hydrogens (tertiary/aromatic N) is 1. The van der Waals surface area contributed by atoms with Crippen LogP contribution in [0.4, 0.5) is 5.69 Å². The summed E-state index contributed by atoms with van der Waals surface area (Å²) in [6.45, 7) is 4.58. The summed E-state index contributed by atoms with van der Waals surface area (Å²) in [5.41, 5.74) is 2.01. The van der Waals surface area contributed by atoms with E-state index in [1.54, 1.807) is 0 Å². The lowest BCUT2D eigenvalue weighted by Crippen LogP contribution is -2.35. The zero-order chi connectivity index (χ0) is 11.4. The van der Waals surface area contributed by atoms with E-state index in [-0.39, 0.29) is 0 Å². The van der Waals surface area contributed by atoms with Crippen LogP contribution in [0.25, 0.3) is 0 Å². The zero-order valence-corrected chi connectivity index (χ0v) is 9.86. The van der Waals surface area contributed by atoms with Gasteiger partial charge in [-0.15, -0.1) is 0 Å². The van der Waals surface area contributed by atoms with Gasteiger partial charge in [0.1, 0.15) is 6.29 Å². The molecule has 16 heavy (non-hydrogen) atoms. The lowest BCUT2D eigenvalue weighted by molar-refractivity contribution is 0.112. The first-order chi connectivity index (χ1) is 7.83. The molecule has 1 fully saturated rings. The topological polar surface area (TPSA) is 20.3 Å². The summed E-state index contributed by atoms with van der Waals surface area (Å²) in [6.07, 6.45) is 4.81. The van der Waals surface area contributed by atoms with E-state index in [9.17, 15) is 4.79 Å². The first-order valence-electron chi connectivity index (χ1n) is 6.13. The van der Waals surface area contributed by atoms with Crippen LogP contribution in [0.5, 0.6) is 0 Å². The molecule has 2 nitrogen and oxygen atoms in total. The highest BCUT2D eigenvalue weighted by Crippen LogP contribution is 2.24. The number of benzene rings is 1. The van der Waals surface area contributed by atoms with Crippen LogP contribution in [0.15, 0.2) is 24.3 Å². The zero-order valence-electron chi connectivity index (χ0n) is 9.86. The van der Waals surface area contributed by atoms with E-state index < -0.39 is 0 Å². The van der Waals surface area contributed by atoms with E-state index in [2.05, 4.69) is 24.0 Å². The standard InChI is InChI=1S/C14H19NO/c1-2-12-4-3-9-15(10-12)14-7-5-13(11-16)6-8-14/h5-8,11-12H,2-4,9-10H2,1H3. The monoisotopic (exact) mass is 217 g/mol. The van der Waals surface area contributed by atoms with Crippen molar-refractivity contribution in [2.75, 3.05) is 18.0 Å². The maximum atomic E-state index is 10.6. The smallest absolute Gasteiger partial charge is 0.150 e. The van der Waals surface area contributed by atoms with E-state index in [0.29, 0.717) is 0 Å². The molecule has 1 atom stereocenters. The molecule has 0 amide bonds. The van der Waals surface area contributed by atoms with Crippen LogP contribution >= 0.6 is 0 Å². The van der Waals surface area contributed by atoms with E-state index in [1.807, 2.05) is 12.1 Å². The summed E-state index contributed by atoms with van der Waals surface area (Å²) in [7, 11) is 0. The minimum atomic E-state index is 0.757. The third kappa shape index (κ3) is 2.43. The van der Waals surface area contributed by atoms with Crippen molar-refractivity contribution in [3.8, 4) is 0 Å². The summed E-state index contributed by atoms with van der Waals surface area (Å²) in [6, 6.07) is 7.92. The van der Waals surface area contributed by atoms with Gasteiger partial charge in [0.05, 0.1) is 0 Å².